The molecule has 1 aromatic rings. The number of ketones is 1. The van der Waals surface area contributed by atoms with E-state index in [4.69, 9.17) is 4.74 Å². The van der Waals surface area contributed by atoms with Crippen LogP contribution in [0.1, 0.15) is 43.0 Å². The predicted molar refractivity (Wildman–Crippen MR) is 77.9 cm³/mol. The van der Waals surface area contributed by atoms with Gasteiger partial charge in [-0.05, 0) is 44.4 Å². The van der Waals surface area contributed by atoms with Gasteiger partial charge in [-0.3, -0.25) is 4.79 Å². The topological polar surface area (TPSA) is 60.4 Å². The van der Waals surface area contributed by atoms with E-state index >= 15 is 0 Å². The highest BCUT2D eigenvalue weighted by Gasteiger charge is 2.30. The third-order valence-electron chi connectivity index (χ3n) is 3.80. The van der Waals surface area contributed by atoms with Crippen LogP contribution >= 0.6 is 0 Å². The van der Waals surface area contributed by atoms with Crippen molar-refractivity contribution in [2.75, 3.05) is 6.26 Å². The van der Waals surface area contributed by atoms with E-state index in [9.17, 15) is 17.6 Å². The number of carbonyl (C=O) groups is 1. The Morgan fingerprint density at radius 2 is 2.05 bits per heavy atom. The predicted octanol–water partition coefficient (Wildman–Crippen LogP) is 2.76. The van der Waals surface area contributed by atoms with Crippen molar-refractivity contribution in [3.05, 3.63) is 29.6 Å². The number of rotatable bonds is 4. The highest BCUT2D eigenvalue weighted by Crippen LogP contribution is 2.29. The van der Waals surface area contributed by atoms with Crippen LogP contribution in [0.25, 0.3) is 0 Å². The van der Waals surface area contributed by atoms with E-state index in [1.54, 1.807) is 0 Å². The summed E-state index contributed by atoms with van der Waals surface area (Å²) in [6, 6.07) is 3.81. The fourth-order valence-electron chi connectivity index (χ4n) is 2.66. The van der Waals surface area contributed by atoms with Crippen LogP contribution in [0.3, 0.4) is 0 Å². The van der Waals surface area contributed by atoms with Crippen LogP contribution in [0.2, 0.25) is 0 Å². The monoisotopic (exact) mass is 314 g/mol. The highest BCUT2D eigenvalue weighted by atomic mass is 32.2. The summed E-state index contributed by atoms with van der Waals surface area (Å²) >= 11 is 0. The molecule has 0 radical (unpaired) electrons. The smallest absolute Gasteiger partial charge is 0.163 e. The van der Waals surface area contributed by atoms with Crippen molar-refractivity contribution >= 4 is 15.6 Å². The van der Waals surface area contributed by atoms with Gasteiger partial charge < -0.3 is 4.74 Å². The molecular weight excluding hydrogens is 295 g/mol. The molecule has 1 aliphatic rings. The van der Waals surface area contributed by atoms with Crippen molar-refractivity contribution in [3.63, 3.8) is 0 Å². The third-order valence-corrected chi connectivity index (χ3v) is 5.44. The number of halogens is 1. The second-order valence-corrected chi connectivity index (χ2v) is 7.88. The first-order chi connectivity index (χ1) is 9.77. The Morgan fingerprint density at radius 3 is 2.67 bits per heavy atom. The number of hydrogen-bond donors (Lipinski definition) is 0. The number of ether oxygens (including phenoxy) is 1. The van der Waals surface area contributed by atoms with Gasteiger partial charge in [-0.15, -0.1) is 0 Å². The summed E-state index contributed by atoms with van der Waals surface area (Å²) in [5.41, 5.74) is 0.191. The Balaban J connectivity index is 2.17. The van der Waals surface area contributed by atoms with E-state index in [-0.39, 0.29) is 17.5 Å². The molecule has 0 N–H and O–H groups in total. The van der Waals surface area contributed by atoms with Gasteiger partial charge in [-0.2, -0.15) is 0 Å². The molecule has 0 saturated heterocycles. The molecule has 6 heteroatoms. The van der Waals surface area contributed by atoms with E-state index in [1.165, 1.54) is 25.3 Å². The lowest BCUT2D eigenvalue weighted by molar-refractivity contribution is 0.100. The molecule has 0 aromatic heterocycles. The van der Waals surface area contributed by atoms with Crippen LogP contribution in [0.5, 0.6) is 5.75 Å². The molecule has 1 aromatic carbocycles. The fraction of sp³-hybridized carbons (Fsp3) is 0.533. The molecule has 116 valence electrons. The zero-order valence-corrected chi connectivity index (χ0v) is 13.0. The van der Waals surface area contributed by atoms with Gasteiger partial charge in [0.1, 0.15) is 21.4 Å². The molecule has 0 spiro atoms. The molecule has 2 atom stereocenters. The Morgan fingerprint density at radius 1 is 1.33 bits per heavy atom. The minimum absolute atomic E-state index is 0.191. The van der Waals surface area contributed by atoms with Gasteiger partial charge in [0.2, 0.25) is 0 Å². The fourth-order valence-corrected chi connectivity index (χ4v) is 3.82. The van der Waals surface area contributed by atoms with Crippen molar-refractivity contribution in [1.29, 1.82) is 0 Å². The highest BCUT2D eigenvalue weighted by molar-refractivity contribution is 7.91. The van der Waals surface area contributed by atoms with Gasteiger partial charge in [0.25, 0.3) is 0 Å². The second-order valence-electron chi connectivity index (χ2n) is 5.55. The van der Waals surface area contributed by atoms with Crippen molar-refractivity contribution in [2.45, 2.75) is 44.0 Å². The van der Waals surface area contributed by atoms with E-state index < -0.39 is 20.9 Å². The molecule has 1 saturated carbocycles. The molecule has 2 rings (SSSR count). The maximum absolute atomic E-state index is 13.2. The molecule has 1 fully saturated rings. The lowest BCUT2D eigenvalue weighted by Gasteiger charge is -2.29. The van der Waals surface area contributed by atoms with E-state index in [0.29, 0.717) is 18.6 Å². The summed E-state index contributed by atoms with van der Waals surface area (Å²) in [7, 11) is -3.09. The number of hydrogen-bond acceptors (Lipinski definition) is 4. The standard InChI is InChI=1S/C15H19FO4S/c1-10(17)14-8-11(16)6-7-15(14)20-12-4-3-5-13(9-12)21(2,18)19/h6-8,12-13H,3-5,9H2,1-2H3. The first kappa shape index (κ1) is 15.9. The lowest BCUT2D eigenvalue weighted by Crippen LogP contribution is -2.33. The van der Waals surface area contributed by atoms with Crippen molar-refractivity contribution < 1.29 is 22.3 Å². The Bertz CT molecular complexity index is 639. The zero-order chi connectivity index (χ0) is 15.6. The average Bonchev–Trinajstić information content (AvgIpc) is 2.40. The SMILES string of the molecule is CC(=O)c1cc(F)ccc1OC1CCCC(S(C)(=O)=O)C1. The van der Waals surface area contributed by atoms with Crippen LogP contribution < -0.4 is 4.74 Å². The molecule has 0 amide bonds. The van der Waals surface area contributed by atoms with Gasteiger partial charge >= 0.3 is 0 Å². The van der Waals surface area contributed by atoms with Gasteiger partial charge in [-0.25, -0.2) is 12.8 Å². The van der Waals surface area contributed by atoms with Crippen molar-refractivity contribution in [1.82, 2.24) is 0 Å². The largest absolute Gasteiger partial charge is 0.490 e. The molecule has 4 nitrogen and oxygen atoms in total. The van der Waals surface area contributed by atoms with Crippen LogP contribution in [-0.4, -0.2) is 31.8 Å². The molecule has 1 aliphatic carbocycles. The molecular formula is C15H19FO4S. The lowest BCUT2D eigenvalue weighted by atomic mass is 9.97. The van der Waals surface area contributed by atoms with E-state index in [2.05, 4.69) is 0 Å². The number of Topliss-reactive ketones (excluding diaryl/α,β-unsaturated/α-hetero) is 1. The van der Waals surface area contributed by atoms with Gasteiger partial charge in [0.15, 0.2) is 5.78 Å². The number of sulfone groups is 1. The van der Waals surface area contributed by atoms with E-state index in [1.807, 2.05) is 0 Å². The third kappa shape index (κ3) is 4.03. The Kier molecular flexibility index (Phi) is 4.66. The van der Waals surface area contributed by atoms with E-state index in [0.717, 1.165) is 18.9 Å². The minimum atomic E-state index is -3.09. The normalized spacial score (nSPS) is 22.8. The minimum Gasteiger partial charge on any atom is -0.490 e. The van der Waals surface area contributed by atoms with Gasteiger partial charge in [0.05, 0.1) is 16.9 Å². The molecule has 2 unspecified atom stereocenters. The summed E-state index contributed by atoms with van der Waals surface area (Å²) in [5, 5.41) is -0.405. The van der Waals surface area contributed by atoms with Crippen LogP contribution in [-0.2, 0) is 9.84 Å². The Labute approximate surface area is 124 Å². The van der Waals surface area contributed by atoms with Gasteiger partial charge in [-0.1, -0.05) is 0 Å². The first-order valence-corrected chi connectivity index (χ1v) is 8.89. The summed E-state index contributed by atoms with van der Waals surface area (Å²) in [6.07, 6.45) is 3.52. The summed E-state index contributed by atoms with van der Waals surface area (Å²) < 4.78 is 42.3. The molecule has 21 heavy (non-hydrogen) atoms. The molecule has 0 bridgehead atoms. The molecule has 0 aliphatic heterocycles. The second kappa shape index (κ2) is 6.13. The maximum atomic E-state index is 13.2. The van der Waals surface area contributed by atoms with Crippen LogP contribution in [0, 0.1) is 5.82 Å². The van der Waals surface area contributed by atoms with Crippen molar-refractivity contribution in [2.24, 2.45) is 0 Å². The Hall–Kier alpha value is -1.43. The maximum Gasteiger partial charge on any atom is 0.163 e. The summed E-state index contributed by atoms with van der Waals surface area (Å²) in [4.78, 5) is 11.5. The molecule has 0 heterocycles. The quantitative estimate of drug-likeness (QED) is 0.802. The summed E-state index contributed by atoms with van der Waals surface area (Å²) in [5.74, 6) is -0.451. The number of benzene rings is 1. The average molecular weight is 314 g/mol. The van der Waals surface area contributed by atoms with Gasteiger partial charge in [0, 0.05) is 12.7 Å². The van der Waals surface area contributed by atoms with Crippen LogP contribution in [0.4, 0.5) is 4.39 Å². The summed E-state index contributed by atoms with van der Waals surface area (Å²) in [6.45, 7) is 1.35. The van der Waals surface area contributed by atoms with Crippen LogP contribution in [0.15, 0.2) is 18.2 Å². The first-order valence-electron chi connectivity index (χ1n) is 6.93. The van der Waals surface area contributed by atoms with Crippen molar-refractivity contribution in [3.8, 4) is 5.75 Å². The zero-order valence-electron chi connectivity index (χ0n) is 12.1. The number of carbonyl (C=O) groups excluding carboxylic acids is 1.